The van der Waals surface area contributed by atoms with E-state index in [1.165, 1.54) is 11.1 Å². The maximum absolute atomic E-state index is 11.3. The summed E-state index contributed by atoms with van der Waals surface area (Å²) < 4.78 is 11.7. The minimum Gasteiger partial charge on any atom is -0.395 e. The standard InChI is InChI=1S/C15H14Br2O2.2C14H10Br2O/c16-13-5-1-3-11(7-13)15(9-18,10-19)12-4-2-6-14(17)8-12;15-12-5-1-3-10(7-12)14(9-17-14)11-4-2-6-13(16)8-11;15-12-5-1-3-10(7-12)14(9-17)11-4-2-6-13(16)8-11/h1-8,18-19H,9-10H2;1-8H,9H2;1-9,14H. The molecule has 0 spiro atoms. The maximum atomic E-state index is 11.3. The van der Waals surface area contributed by atoms with Crippen LogP contribution in [0.4, 0.5) is 0 Å². The molecule has 0 bridgehead atoms. The molecule has 0 saturated carbocycles. The summed E-state index contributed by atoms with van der Waals surface area (Å²) >= 11 is 20.7. The number of rotatable bonds is 9. The molecule has 4 nitrogen and oxygen atoms in total. The molecule has 1 aliphatic heterocycles. The van der Waals surface area contributed by atoms with Crippen LogP contribution in [0.25, 0.3) is 0 Å². The first-order chi connectivity index (χ1) is 25.5. The number of hydrogen-bond acceptors (Lipinski definition) is 4. The molecule has 0 amide bonds. The molecule has 0 radical (unpaired) electrons. The average Bonchev–Trinajstić information content (AvgIpc) is 3.96. The van der Waals surface area contributed by atoms with Gasteiger partial charge in [0.15, 0.2) is 0 Å². The van der Waals surface area contributed by atoms with E-state index in [1.54, 1.807) is 0 Å². The molecule has 1 aliphatic rings. The van der Waals surface area contributed by atoms with Gasteiger partial charge >= 0.3 is 0 Å². The van der Waals surface area contributed by atoms with Crippen LogP contribution in [0.1, 0.15) is 39.3 Å². The largest absolute Gasteiger partial charge is 0.395 e. The molecule has 7 rings (SSSR count). The first kappa shape index (κ1) is 41.9. The summed E-state index contributed by atoms with van der Waals surface area (Å²) in [5, 5.41) is 19.7. The highest BCUT2D eigenvalue weighted by Gasteiger charge is 2.48. The molecule has 1 fully saturated rings. The summed E-state index contributed by atoms with van der Waals surface area (Å²) in [6, 6.07) is 47.6. The van der Waals surface area contributed by atoms with Crippen LogP contribution in [-0.2, 0) is 20.5 Å². The number of epoxide rings is 1. The van der Waals surface area contributed by atoms with Crippen LogP contribution < -0.4 is 0 Å². The van der Waals surface area contributed by atoms with Crippen molar-refractivity contribution >= 4 is 102 Å². The van der Waals surface area contributed by atoms with Crippen molar-refractivity contribution in [2.75, 3.05) is 19.8 Å². The molecule has 1 heterocycles. The summed E-state index contributed by atoms with van der Waals surface area (Å²) in [5.74, 6) is -0.218. The number of aldehydes is 1. The van der Waals surface area contributed by atoms with E-state index in [0.29, 0.717) is 0 Å². The molecular weight excluding hydrogens is 1060 g/mol. The molecule has 0 aliphatic carbocycles. The summed E-state index contributed by atoms with van der Waals surface area (Å²) in [5.41, 5.74) is 5.10. The van der Waals surface area contributed by atoms with Crippen molar-refractivity contribution in [3.8, 4) is 0 Å². The Morgan fingerprint density at radius 2 is 0.887 bits per heavy atom. The normalized spacial score (nSPS) is 12.9. The van der Waals surface area contributed by atoms with Crippen LogP contribution in [-0.4, -0.2) is 36.3 Å². The number of ether oxygens (including phenoxy) is 1. The molecule has 6 aromatic rings. The number of aliphatic hydroxyl groups is 2. The number of carbonyl (C=O) groups is 1. The molecule has 0 unspecified atom stereocenters. The van der Waals surface area contributed by atoms with E-state index in [2.05, 4.69) is 120 Å². The van der Waals surface area contributed by atoms with Crippen molar-refractivity contribution in [2.24, 2.45) is 0 Å². The number of hydrogen-bond donors (Lipinski definition) is 2. The van der Waals surface area contributed by atoms with E-state index in [9.17, 15) is 15.0 Å². The highest BCUT2D eigenvalue weighted by Crippen LogP contribution is 2.46. The smallest absolute Gasteiger partial charge is 0.142 e. The lowest BCUT2D eigenvalue weighted by molar-refractivity contribution is -0.108. The number of benzene rings is 6. The second-order valence-corrected chi connectivity index (χ2v) is 17.8. The molecule has 0 atom stereocenters. The Kier molecular flexibility index (Phi) is 15.5. The zero-order chi connectivity index (χ0) is 38.0. The number of carbonyl (C=O) groups excluding carboxylic acids is 1. The number of aliphatic hydroxyl groups excluding tert-OH is 2. The monoisotopic (exact) mass is 1090 g/mol. The minimum absolute atomic E-state index is 0.156. The molecule has 272 valence electrons. The van der Waals surface area contributed by atoms with Gasteiger partial charge in [-0.3, -0.25) is 0 Å². The van der Waals surface area contributed by atoms with Gasteiger partial charge in [0.25, 0.3) is 0 Å². The van der Waals surface area contributed by atoms with Crippen LogP contribution in [0.5, 0.6) is 0 Å². The molecular formula is C43H34Br6O4. The van der Waals surface area contributed by atoms with Gasteiger partial charge in [0.1, 0.15) is 11.9 Å². The lowest BCUT2D eigenvalue weighted by Gasteiger charge is -2.31. The summed E-state index contributed by atoms with van der Waals surface area (Å²) in [6.45, 7) is 0.437. The third-order valence-corrected chi connectivity index (χ3v) is 11.8. The first-order valence-electron chi connectivity index (χ1n) is 16.4. The predicted octanol–water partition coefficient (Wildman–Crippen LogP) is 12.5. The summed E-state index contributed by atoms with van der Waals surface area (Å²) in [7, 11) is 0. The van der Waals surface area contributed by atoms with Crippen molar-refractivity contribution in [3.63, 3.8) is 0 Å². The molecule has 10 heteroatoms. The Hall–Kier alpha value is -2.25. The van der Waals surface area contributed by atoms with Crippen LogP contribution in [0, 0.1) is 0 Å². The van der Waals surface area contributed by atoms with E-state index in [4.69, 9.17) is 4.74 Å². The lowest BCUT2D eigenvalue weighted by atomic mass is 9.76. The molecule has 1 saturated heterocycles. The Bertz CT molecular complexity index is 2010. The maximum Gasteiger partial charge on any atom is 0.142 e. The van der Waals surface area contributed by atoms with E-state index in [-0.39, 0.29) is 24.7 Å². The molecule has 2 N–H and O–H groups in total. The van der Waals surface area contributed by atoms with Gasteiger partial charge in [0.05, 0.1) is 31.2 Å². The highest BCUT2D eigenvalue weighted by molar-refractivity contribution is 9.11. The highest BCUT2D eigenvalue weighted by atomic mass is 79.9. The van der Waals surface area contributed by atoms with E-state index < -0.39 is 5.41 Å². The van der Waals surface area contributed by atoms with Gasteiger partial charge in [-0.05, 0) is 106 Å². The zero-order valence-corrected chi connectivity index (χ0v) is 37.6. The van der Waals surface area contributed by atoms with E-state index >= 15 is 0 Å². The molecule has 0 aromatic heterocycles. The van der Waals surface area contributed by atoms with E-state index in [1.807, 2.05) is 121 Å². The lowest BCUT2D eigenvalue weighted by Crippen LogP contribution is -2.36. The van der Waals surface area contributed by atoms with Crippen molar-refractivity contribution in [2.45, 2.75) is 16.9 Å². The zero-order valence-electron chi connectivity index (χ0n) is 28.1. The Morgan fingerprint density at radius 3 is 1.19 bits per heavy atom. The van der Waals surface area contributed by atoms with E-state index in [0.717, 1.165) is 62.0 Å². The molecule has 53 heavy (non-hydrogen) atoms. The van der Waals surface area contributed by atoms with Gasteiger partial charge in [-0.15, -0.1) is 0 Å². The Morgan fingerprint density at radius 1 is 0.547 bits per heavy atom. The summed E-state index contributed by atoms with van der Waals surface area (Å²) in [4.78, 5) is 11.3. The van der Waals surface area contributed by atoms with Gasteiger partial charge in [0, 0.05) is 26.8 Å². The fourth-order valence-electron chi connectivity index (χ4n) is 5.96. The SMILES string of the molecule is Brc1cccc(C2(c3cccc(Br)c3)CO2)c1.O=CC(c1cccc(Br)c1)c1cccc(Br)c1.OCC(CO)(c1cccc(Br)c1)c1cccc(Br)c1. The second-order valence-electron chi connectivity index (χ2n) is 12.3. The van der Waals surface area contributed by atoms with Crippen LogP contribution in [0.15, 0.2) is 172 Å². The Balaban J connectivity index is 0.000000154. The number of halogens is 6. The topological polar surface area (TPSA) is 70.1 Å². The van der Waals surface area contributed by atoms with Crippen molar-refractivity contribution in [1.82, 2.24) is 0 Å². The quantitative estimate of drug-likeness (QED) is 0.112. The predicted molar refractivity (Wildman–Crippen MR) is 234 cm³/mol. The van der Waals surface area contributed by atoms with Gasteiger partial charge in [-0.1, -0.05) is 168 Å². The van der Waals surface area contributed by atoms with Crippen molar-refractivity contribution in [3.05, 3.63) is 206 Å². The van der Waals surface area contributed by atoms with Crippen molar-refractivity contribution in [1.29, 1.82) is 0 Å². The second kappa shape index (κ2) is 19.6. The van der Waals surface area contributed by atoms with Gasteiger partial charge in [-0.25, -0.2) is 0 Å². The average molecular weight is 1090 g/mol. The first-order valence-corrected chi connectivity index (χ1v) is 21.2. The summed E-state index contributed by atoms with van der Waals surface area (Å²) in [6.07, 6.45) is 0.976. The Labute approximate surface area is 360 Å². The van der Waals surface area contributed by atoms with Crippen LogP contribution >= 0.6 is 95.6 Å². The minimum atomic E-state index is -0.798. The van der Waals surface area contributed by atoms with Gasteiger partial charge in [0.2, 0.25) is 0 Å². The van der Waals surface area contributed by atoms with Crippen molar-refractivity contribution < 1.29 is 19.7 Å². The van der Waals surface area contributed by atoms with Gasteiger partial charge < -0.3 is 19.7 Å². The van der Waals surface area contributed by atoms with Crippen LogP contribution in [0.3, 0.4) is 0 Å². The third kappa shape index (κ3) is 10.7. The fourth-order valence-corrected chi connectivity index (χ4v) is 8.39. The van der Waals surface area contributed by atoms with Crippen LogP contribution in [0.2, 0.25) is 0 Å². The van der Waals surface area contributed by atoms with Gasteiger partial charge in [-0.2, -0.15) is 0 Å². The molecule has 6 aromatic carbocycles. The third-order valence-electron chi connectivity index (χ3n) is 8.86. The fraction of sp³-hybridized carbons (Fsp3) is 0.140.